The second-order valence-electron chi connectivity index (χ2n) is 6.21. The number of likely N-dealkylation sites (tertiary alicyclic amines) is 1. The fourth-order valence-electron chi connectivity index (χ4n) is 3.16. The Kier molecular flexibility index (Phi) is 5.14. The van der Waals surface area contributed by atoms with Gasteiger partial charge in [-0.2, -0.15) is 0 Å². The van der Waals surface area contributed by atoms with Crippen LogP contribution in [0.3, 0.4) is 0 Å². The largest absolute Gasteiger partial charge is 0.506 e. The molecule has 4 nitrogen and oxygen atoms in total. The summed E-state index contributed by atoms with van der Waals surface area (Å²) in [5, 5.41) is 10.7. The lowest BCUT2D eigenvalue weighted by Gasteiger charge is -2.32. The van der Waals surface area contributed by atoms with E-state index in [-0.39, 0.29) is 5.75 Å². The molecule has 2 aromatic rings. The van der Waals surface area contributed by atoms with Crippen LogP contribution in [0.5, 0.6) is 5.75 Å². The average Bonchev–Trinajstić information content (AvgIpc) is 2.94. The standard InChI is InChI=1S/C17H21Cl2N3O/c1-12-20-6-9-22(12)10-13-4-7-21(8-5-13)11-14-15(18)2-3-16(23)17(14)19/h2-3,6,9,13,23H,4-5,7-8,10-11H2,1H3. The maximum atomic E-state index is 9.75. The molecule has 0 spiro atoms. The minimum absolute atomic E-state index is 0.0940. The molecule has 6 heteroatoms. The SMILES string of the molecule is Cc1nccn1CC1CCN(Cc2c(Cl)ccc(O)c2Cl)CC1. The number of hydrogen-bond acceptors (Lipinski definition) is 3. The van der Waals surface area contributed by atoms with Crippen LogP contribution in [-0.2, 0) is 13.1 Å². The van der Waals surface area contributed by atoms with Gasteiger partial charge in [-0.15, -0.1) is 0 Å². The van der Waals surface area contributed by atoms with Crippen molar-refractivity contribution in [2.24, 2.45) is 5.92 Å². The van der Waals surface area contributed by atoms with Gasteiger partial charge in [0.15, 0.2) is 0 Å². The molecule has 1 aliphatic rings. The van der Waals surface area contributed by atoms with Gasteiger partial charge < -0.3 is 9.67 Å². The van der Waals surface area contributed by atoms with Gasteiger partial charge in [-0.05, 0) is 50.9 Å². The van der Waals surface area contributed by atoms with Crippen molar-refractivity contribution in [3.8, 4) is 5.75 Å². The Bertz CT molecular complexity index is 678. The fourth-order valence-corrected chi connectivity index (χ4v) is 3.65. The van der Waals surface area contributed by atoms with Crippen LogP contribution in [0.15, 0.2) is 24.5 Å². The molecule has 1 aliphatic heterocycles. The number of piperidine rings is 1. The van der Waals surface area contributed by atoms with Crippen LogP contribution in [-0.4, -0.2) is 32.6 Å². The molecule has 0 radical (unpaired) electrons. The molecule has 0 amide bonds. The highest BCUT2D eigenvalue weighted by atomic mass is 35.5. The van der Waals surface area contributed by atoms with E-state index in [0.29, 0.717) is 22.5 Å². The first-order valence-electron chi connectivity index (χ1n) is 7.90. The van der Waals surface area contributed by atoms with Gasteiger partial charge >= 0.3 is 0 Å². The third-order valence-corrected chi connectivity index (χ3v) is 5.41. The number of benzene rings is 1. The number of imidazole rings is 1. The van der Waals surface area contributed by atoms with E-state index in [2.05, 4.69) is 14.5 Å². The lowest BCUT2D eigenvalue weighted by atomic mass is 9.96. The highest BCUT2D eigenvalue weighted by Crippen LogP contribution is 2.34. The van der Waals surface area contributed by atoms with Gasteiger partial charge in [0.1, 0.15) is 11.6 Å². The summed E-state index contributed by atoms with van der Waals surface area (Å²) in [6, 6.07) is 3.24. The summed E-state index contributed by atoms with van der Waals surface area (Å²) in [7, 11) is 0. The zero-order chi connectivity index (χ0) is 16.4. The zero-order valence-electron chi connectivity index (χ0n) is 13.2. The molecule has 124 valence electrons. The number of aryl methyl sites for hydroxylation is 1. The molecular weight excluding hydrogens is 333 g/mol. The predicted octanol–water partition coefficient (Wildman–Crippen LogP) is 4.12. The summed E-state index contributed by atoms with van der Waals surface area (Å²) in [5.41, 5.74) is 0.817. The highest BCUT2D eigenvalue weighted by molar-refractivity contribution is 6.36. The molecule has 1 aromatic carbocycles. The Labute approximate surface area is 146 Å². The van der Waals surface area contributed by atoms with E-state index in [1.165, 1.54) is 6.07 Å². The molecule has 1 aromatic heterocycles. The predicted molar refractivity (Wildman–Crippen MR) is 93.1 cm³/mol. The lowest BCUT2D eigenvalue weighted by molar-refractivity contribution is 0.166. The molecule has 0 atom stereocenters. The monoisotopic (exact) mass is 353 g/mol. The normalized spacial score (nSPS) is 16.8. The third kappa shape index (κ3) is 3.82. The quantitative estimate of drug-likeness (QED) is 0.898. The first kappa shape index (κ1) is 16.6. The molecule has 0 bridgehead atoms. The molecule has 0 unspecified atom stereocenters. The maximum Gasteiger partial charge on any atom is 0.134 e. The topological polar surface area (TPSA) is 41.3 Å². The Hall–Kier alpha value is -1.23. The number of rotatable bonds is 4. The van der Waals surface area contributed by atoms with E-state index in [9.17, 15) is 5.11 Å². The summed E-state index contributed by atoms with van der Waals surface area (Å²) in [6.07, 6.45) is 6.20. The third-order valence-electron chi connectivity index (χ3n) is 4.63. The number of aromatic hydroxyl groups is 1. The van der Waals surface area contributed by atoms with Gasteiger partial charge in [0, 0.05) is 36.1 Å². The van der Waals surface area contributed by atoms with Crippen LogP contribution < -0.4 is 0 Å². The highest BCUT2D eigenvalue weighted by Gasteiger charge is 2.22. The average molecular weight is 354 g/mol. The molecule has 1 fully saturated rings. The second-order valence-corrected chi connectivity index (χ2v) is 6.99. The van der Waals surface area contributed by atoms with Crippen molar-refractivity contribution < 1.29 is 5.11 Å². The first-order valence-corrected chi connectivity index (χ1v) is 8.66. The summed E-state index contributed by atoms with van der Waals surface area (Å²) < 4.78 is 2.23. The van der Waals surface area contributed by atoms with Crippen molar-refractivity contribution in [3.05, 3.63) is 46.0 Å². The van der Waals surface area contributed by atoms with E-state index in [0.717, 1.165) is 43.9 Å². The van der Waals surface area contributed by atoms with E-state index in [4.69, 9.17) is 23.2 Å². The van der Waals surface area contributed by atoms with Crippen molar-refractivity contribution in [2.75, 3.05) is 13.1 Å². The number of phenolic OH excluding ortho intramolecular Hbond substituents is 1. The fraction of sp³-hybridized carbons (Fsp3) is 0.471. The van der Waals surface area contributed by atoms with Crippen LogP contribution in [0.4, 0.5) is 0 Å². The molecular formula is C17H21Cl2N3O. The van der Waals surface area contributed by atoms with E-state index in [1.54, 1.807) is 6.07 Å². The van der Waals surface area contributed by atoms with Gasteiger partial charge in [0.05, 0.1) is 5.02 Å². The van der Waals surface area contributed by atoms with Gasteiger partial charge in [-0.25, -0.2) is 4.98 Å². The minimum Gasteiger partial charge on any atom is -0.506 e. The van der Waals surface area contributed by atoms with Crippen LogP contribution >= 0.6 is 23.2 Å². The van der Waals surface area contributed by atoms with E-state index in [1.807, 2.05) is 19.3 Å². The van der Waals surface area contributed by atoms with Gasteiger partial charge in [0.2, 0.25) is 0 Å². The molecule has 1 saturated heterocycles. The lowest BCUT2D eigenvalue weighted by Crippen LogP contribution is -2.34. The Morgan fingerprint density at radius 1 is 1.26 bits per heavy atom. The van der Waals surface area contributed by atoms with Gasteiger partial charge in [0.25, 0.3) is 0 Å². The summed E-state index contributed by atoms with van der Waals surface area (Å²) in [5.74, 6) is 1.84. The van der Waals surface area contributed by atoms with Crippen molar-refractivity contribution in [3.63, 3.8) is 0 Å². The van der Waals surface area contributed by atoms with Crippen LogP contribution in [0, 0.1) is 12.8 Å². The number of nitrogens with zero attached hydrogens (tertiary/aromatic N) is 3. The van der Waals surface area contributed by atoms with E-state index >= 15 is 0 Å². The molecule has 3 rings (SSSR count). The van der Waals surface area contributed by atoms with Crippen LogP contribution in [0.25, 0.3) is 0 Å². The second kappa shape index (κ2) is 7.12. The first-order chi connectivity index (χ1) is 11.0. The number of halogens is 2. The Morgan fingerprint density at radius 2 is 2.00 bits per heavy atom. The molecule has 23 heavy (non-hydrogen) atoms. The van der Waals surface area contributed by atoms with Gasteiger partial charge in [-0.3, -0.25) is 4.90 Å². The summed E-state index contributed by atoms with van der Waals surface area (Å²) in [4.78, 5) is 6.63. The van der Waals surface area contributed by atoms with Crippen molar-refractivity contribution >= 4 is 23.2 Å². The minimum atomic E-state index is 0.0940. The maximum absolute atomic E-state index is 9.75. The molecule has 0 aliphatic carbocycles. The van der Waals surface area contributed by atoms with Crippen LogP contribution in [0.1, 0.15) is 24.2 Å². The molecule has 2 heterocycles. The van der Waals surface area contributed by atoms with Crippen molar-refractivity contribution in [1.29, 1.82) is 0 Å². The molecule has 1 N–H and O–H groups in total. The summed E-state index contributed by atoms with van der Waals surface area (Å²) >= 11 is 12.4. The van der Waals surface area contributed by atoms with E-state index < -0.39 is 0 Å². The van der Waals surface area contributed by atoms with Gasteiger partial charge in [-0.1, -0.05) is 23.2 Å². The Balaban J connectivity index is 1.58. The molecule has 0 saturated carbocycles. The van der Waals surface area contributed by atoms with Crippen LogP contribution in [0.2, 0.25) is 10.0 Å². The number of phenols is 1. The summed E-state index contributed by atoms with van der Waals surface area (Å²) in [6.45, 7) is 5.79. The van der Waals surface area contributed by atoms with Crippen molar-refractivity contribution in [2.45, 2.75) is 32.9 Å². The Morgan fingerprint density at radius 3 is 2.65 bits per heavy atom. The van der Waals surface area contributed by atoms with Crippen molar-refractivity contribution in [1.82, 2.24) is 14.5 Å². The number of aromatic nitrogens is 2. The zero-order valence-corrected chi connectivity index (χ0v) is 14.7. The number of hydrogen-bond donors (Lipinski definition) is 1. The smallest absolute Gasteiger partial charge is 0.134 e.